The van der Waals surface area contributed by atoms with E-state index in [0.717, 1.165) is 15.6 Å². The zero-order chi connectivity index (χ0) is 21.5. The van der Waals surface area contributed by atoms with Crippen molar-refractivity contribution in [2.24, 2.45) is 0 Å². The van der Waals surface area contributed by atoms with Crippen LogP contribution in [0.2, 0.25) is 0 Å². The summed E-state index contributed by atoms with van der Waals surface area (Å²) in [5.41, 5.74) is 2.83. The molecule has 0 radical (unpaired) electrons. The van der Waals surface area contributed by atoms with E-state index >= 15 is 0 Å². The minimum absolute atomic E-state index is 0.343. The summed E-state index contributed by atoms with van der Waals surface area (Å²) < 4.78 is 13.4. The molecule has 0 amide bonds. The van der Waals surface area contributed by atoms with E-state index in [1.807, 2.05) is 36.4 Å². The summed E-state index contributed by atoms with van der Waals surface area (Å²) in [5, 5.41) is 21.9. The summed E-state index contributed by atoms with van der Waals surface area (Å²) in [6, 6.07) is 12.8. The smallest absolute Gasteiger partial charge is 0.288 e. The number of tetrazole rings is 1. The molecule has 2 aromatic heterocycles. The highest BCUT2D eigenvalue weighted by atomic mass is 79.9. The molecule has 0 saturated carbocycles. The molecule has 1 unspecified atom stereocenters. The van der Waals surface area contributed by atoms with Crippen LogP contribution in [-0.4, -0.2) is 44.6 Å². The van der Waals surface area contributed by atoms with Crippen molar-refractivity contribution in [2.45, 2.75) is 6.04 Å². The van der Waals surface area contributed by atoms with Crippen molar-refractivity contribution in [1.82, 2.24) is 30.4 Å². The standard InChI is InChI=1S/C20H16BrN7O3/c1-30-13-8-5-11(9-14(13)31-2)16-15-17(19(29)24-23-16)22-20-25-26-27-28(20)18(15)10-3-6-12(21)7-4-10/h3-9,18H,1-2H3,(H,24,29)(H,22,25,27). The first-order valence-electron chi connectivity index (χ1n) is 9.26. The fourth-order valence-corrected chi connectivity index (χ4v) is 3.96. The van der Waals surface area contributed by atoms with Crippen LogP contribution >= 0.6 is 15.9 Å². The highest BCUT2D eigenvalue weighted by Crippen LogP contribution is 2.42. The molecule has 3 heterocycles. The molecule has 156 valence electrons. The SMILES string of the molecule is COc1ccc(-c2n[nH]c(=O)c3c2C(c2ccc(Br)cc2)n2nnnc2N3)cc1OC. The summed E-state index contributed by atoms with van der Waals surface area (Å²) in [4.78, 5) is 12.7. The lowest BCUT2D eigenvalue weighted by Gasteiger charge is -2.28. The molecule has 1 atom stereocenters. The quantitative estimate of drug-likeness (QED) is 0.402. The molecule has 11 heteroatoms. The molecule has 4 aromatic rings. The van der Waals surface area contributed by atoms with Gasteiger partial charge in [-0.2, -0.15) is 9.78 Å². The first-order valence-corrected chi connectivity index (χ1v) is 10.1. The lowest BCUT2D eigenvalue weighted by molar-refractivity contribution is 0.355. The average molecular weight is 482 g/mol. The van der Waals surface area contributed by atoms with Gasteiger partial charge < -0.3 is 14.8 Å². The van der Waals surface area contributed by atoms with Gasteiger partial charge in [0.15, 0.2) is 11.5 Å². The fourth-order valence-electron chi connectivity index (χ4n) is 3.69. The minimum Gasteiger partial charge on any atom is -0.493 e. The Balaban J connectivity index is 1.78. The molecule has 10 nitrogen and oxygen atoms in total. The topological polar surface area (TPSA) is 120 Å². The highest BCUT2D eigenvalue weighted by Gasteiger charge is 2.34. The van der Waals surface area contributed by atoms with Gasteiger partial charge in [-0.3, -0.25) is 4.79 Å². The number of hydrogen-bond donors (Lipinski definition) is 2. The number of rotatable bonds is 4. The molecule has 2 aromatic carbocycles. The summed E-state index contributed by atoms with van der Waals surface area (Å²) in [7, 11) is 3.14. The number of anilines is 2. The van der Waals surface area contributed by atoms with Crippen LogP contribution in [-0.2, 0) is 0 Å². The molecule has 5 rings (SSSR count). The maximum atomic E-state index is 12.7. The van der Waals surface area contributed by atoms with Gasteiger partial charge in [0.05, 0.1) is 19.9 Å². The van der Waals surface area contributed by atoms with Crippen LogP contribution < -0.4 is 20.3 Å². The first kappa shape index (κ1) is 19.2. The Morgan fingerprint density at radius 3 is 2.58 bits per heavy atom. The number of benzene rings is 2. The number of ether oxygens (including phenoxy) is 2. The number of aromatic amines is 1. The van der Waals surface area contributed by atoms with Crippen molar-refractivity contribution in [3.63, 3.8) is 0 Å². The van der Waals surface area contributed by atoms with Gasteiger partial charge in [0.2, 0.25) is 5.95 Å². The number of aromatic nitrogens is 6. The van der Waals surface area contributed by atoms with Crippen LogP contribution in [0.4, 0.5) is 11.6 Å². The number of nitrogens with one attached hydrogen (secondary N) is 2. The molecule has 2 N–H and O–H groups in total. The normalized spacial score (nSPS) is 14.4. The van der Waals surface area contributed by atoms with E-state index in [1.54, 1.807) is 25.0 Å². The summed E-state index contributed by atoms with van der Waals surface area (Å²) >= 11 is 3.47. The van der Waals surface area contributed by atoms with Crippen LogP contribution in [0.25, 0.3) is 11.3 Å². The van der Waals surface area contributed by atoms with Crippen molar-refractivity contribution in [3.8, 4) is 22.8 Å². The fraction of sp³-hybridized carbons (Fsp3) is 0.150. The maximum absolute atomic E-state index is 12.7. The van der Waals surface area contributed by atoms with Gasteiger partial charge >= 0.3 is 0 Å². The van der Waals surface area contributed by atoms with Crippen LogP contribution in [0.5, 0.6) is 11.5 Å². The van der Waals surface area contributed by atoms with Gasteiger partial charge in [-0.25, -0.2) is 5.10 Å². The lowest BCUT2D eigenvalue weighted by Crippen LogP contribution is -2.29. The average Bonchev–Trinajstić information content (AvgIpc) is 3.27. The van der Waals surface area contributed by atoms with Crippen LogP contribution in [0, 0.1) is 0 Å². The lowest BCUT2D eigenvalue weighted by atomic mass is 9.92. The summed E-state index contributed by atoms with van der Waals surface area (Å²) in [6.45, 7) is 0. The Morgan fingerprint density at radius 2 is 1.84 bits per heavy atom. The number of halogens is 1. The van der Waals surface area contributed by atoms with Crippen LogP contribution in [0.15, 0.2) is 51.7 Å². The number of hydrogen-bond acceptors (Lipinski definition) is 8. The molecule has 0 saturated heterocycles. The molecule has 1 aliphatic rings. The third-order valence-corrected chi connectivity index (χ3v) is 5.64. The number of H-pyrrole nitrogens is 1. The van der Waals surface area contributed by atoms with Crippen molar-refractivity contribution in [2.75, 3.05) is 19.5 Å². The Labute approximate surface area is 184 Å². The second-order valence-corrected chi connectivity index (χ2v) is 7.70. The Hall–Kier alpha value is -3.73. The molecule has 0 fully saturated rings. The zero-order valence-electron chi connectivity index (χ0n) is 16.5. The number of methoxy groups -OCH3 is 2. The van der Waals surface area contributed by atoms with Crippen LogP contribution in [0.1, 0.15) is 17.2 Å². The molecule has 0 bridgehead atoms. The molecule has 0 spiro atoms. The van der Waals surface area contributed by atoms with E-state index < -0.39 is 6.04 Å². The number of nitrogens with zero attached hydrogens (tertiary/aromatic N) is 5. The predicted molar refractivity (Wildman–Crippen MR) is 116 cm³/mol. The monoisotopic (exact) mass is 481 g/mol. The highest BCUT2D eigenvalue weighted by molar-refractivity contribution is 9.10. The van der Waals surface area contributed by atoms with Gasteiger partial charge in [-0.05, 0) is 46.3 Å². The van der Waals surface area contributed by atoms with E-state index in [2.05, 4.69) is 47.0 Å². The zero-order valence-corrected chi connectivity index (χ0v) is 18.0. The van der Waals surface area contributed by atoms with E-state index in [4.69, 9.17) is 9.47 Å². The Kier molecular flexibility index (Phi) is 4.66. The summed E-state index contributed by atoms with van der Waals surface area (Å²) in [6.07, 6.45) is 0. The molecular formula is C20H16BrN7O3. The van der Waals surface area contributed by atoms with E-state index in [1.165, 1.54) is 0 Å². The van der Waals surface area contributed by atoms with Gasteiger partial charge in [0.1, 0.15) is 11.7 Å². The van der Waals surface area contributed by atoms with Gasteiger partial charge in [0.25, 0.3) is 5.56 Å². The maximum Gasteiger partial charge on any atom is 0.288 e. The van der Waals surface area contributed by atoms with E-state index in [-0.39, 0.29) is 5.56 Å². The largest absolute Gasteiger partial charge is 0.493 e. The summed E-state index contributed by atoms with van der Waals surface area (Å²) in [5.74, 6) is 1.51. The van der Waals surface area contributed by atoms with Crippen molar-refractivity contribution >= 4 is 27.6 Å². The molecular weight excluding hydrogens is 466 g/mol. The van der Waals surface area contributed by atoms with E-state index in [9.17, 15) is 4.79 Å². The second kappa shape index (κ2) is 7.51. The van der Waals surface area contributed by atoms with Crippen molar-refractivity contribution < 1.29 is 9.47 Å². The van der Waals surface area contributed by atoms with Crippen molar-refractivity contribution in [1.29, 1.82) is 0 Å². The van der Waals surface area contributed by atoms with Crippen LogP contribution in [0.3, 0.4) is 0 Å². The predicted octanol–water partition coefficient (Wildman–Crippen LogP) is 2.90. The third kappa shape index (κ3) is 3.13. The van der Waals surface area contributed by atoms with Gasteiger partial charge in [0, 0.05) is 15.6 Å². The molecule has 31 heavy (non-hydrogen) atoms. The van der Waals surface area contributed by atoms with Gasteiger partial charge in [-0.15, -0.1) is 0 Å². The Morgan fingerprint density at radius 1 is 1.06 bits per heavy atom. The van der Waals surface area contributed by atoms with E-state index in [0.29, 0.717) is 34.4 Å². The van der Waals surface area contributed by atoms with Gasteiger partial charge in [-0.1, -0.05) is 33.2 Å². The Bertz CT molecular complexity index is 1330. The third-order valence-electron chi connectivity index (χ3n) is 5.11. The second-order valence-electron chi connectivity index (χ2n) is 6.79. The molecule has 0 aliphatic carbocycles. The molecule has 1 aliphatic heterocycles. The van der Waals surface area contributed by atoms with Crippen molar-refractivity contribution in [3.05, 3.63) is 68.4 Å². The minimum atomic E-state index is -0.466. The first-order chi connectivity index (χ1) is 15.1. The number of fused-ring (bicyclic) bond motifs is 2.